The van der Waals surface area contributed by atoms with Crippen molar-refractivity contribution in [2.75, 3.05) is 12.4 Å². The molecule has 1 amide bonds. The molecule has 130 valence electrons. The molecule has 0 fully saturated rings. The molecule has 0 aliphatic rings. The lowest BCUT2D eigenvalue weighted by molar-refractivity contribution is -0.112. The number of fused-ring (bicyclic) bond motifs is 1. The lowest BCUT2D eigenvalue weighted by Gasteiger charge is -2.10. The van der Waals surface area contributed by atoms with Gasteiger partial charge in [-0.25, -0.2) is 0 Å². The third-order valence-corrected chi connectivity index (χ3v) is 4.20. The number of amides is 1. The fourth-order valence-corrected chi connectivity index (χ4v) is 2.89. The molecule has 26 heavy (non-hydrogen) atoms. The van der Waals surface area contributed by atoms with Gasteiger partial charge in [-0.15, -0.1) is 0 Å². The highest BCUT2D eigenvalue weighted by Gasteiger charge is 2.15. The normalized spacial score (nSPS) is 11.2. The minimum absolute atomic E-state index is 0.0291. The molecule has 0 radical (unpaired) electrons. The monoisotopic (exact) mass is 345 g/mol. The van der Waals surface area contributed by atoms with E-state index >= 15 is 0 Å². The van der Waals surface area contributed by atoms with Gasteiger partial charge in [0.05, 0.1) is 12.8 Å². The summed E-state index contributed by atoms with van der Waals surface area (Å²) in [6, 6.07) is 15.3. The van der Waals surface area contributed by atoms with Crippen molar-refractivity contribution in [3.63, 3.8) is 0 Å². The predicted molar refractivity (Wildman–Crippen MR) is 103 cm³/mol. The number of hydrogen-bond acceptors (Lipinski definition) is 3. The molecule has 3 aromatic rings. The second-order valence-corrected chi connectivity index (χ2v) is 6.04. The number of aryl methyl sites for hydroxylation is 2. The number of methoxy groups -OCH3 is 1. The molecule has 5 heteroatoms. The van der Waals surface area contributed by atoms with Crippen LogP contribution in [0, 0.1) is 25.2 Å². The molecule has 0 saturated carbocycles. The van der Waals surface area contributed by atoms with E-state index in [0.717, 1.165) is 27.7 Å². The van der Waals surface area contributed by atoms with E-state index in [9.17, 15) is 10.1 Å². The summed E-state index contributed by atoms with van der Waals surface area (Å²) in [5.74, 6) is 0.0746. The van der Waals surface area contributed by atoms with Crippen LogP contribution in [0.25, 0.3) is 17.0 Å². The third kappa shape index (κ3) is 3.31. The highest BCUT2D eigenvalue weighted by atomic mass is 16.5. The van der Waals surface area contributed by atoms with E-state index in [1.165, 1.54) is 7.11 Å². The third-order valence-electron chi connectivity index (χ3n) is 4.20. The summed E-state index contributed by atoms with van der Waals surface area (Å²) in [7, 11) is 1.54. The van der Waals surface area contributed by atoms with Gasteiger partial charge in [0.25, 0.3) is 5.91 Å². The van der Waals surface area contributed by atoms with Crippen molar-refractivity contribution in [3.05, 3.63) is 64.9 Å². The van der Waals surface area contributed by atoms with Crippen LogP contribution in [0.5, 0.6) is 5.75 Å². The van der Waals surface area contributed by atoms with Crippen molar-refractivity contribution in [3.8, 4) is 11.8 Å². The second-order valence-electron chi connectivity index (χ2n) is 6.04. The number of hydrogen-bond donors (Lipinski definition) is 2. The quantitative estimate of drug-likeness (QED) is 0.545. The van der Waals surface area contributed by atoms with Crippen molar-refractivity contribution >= 4 is 28.6 Å². The number of carbonyl (C=O) groups excluding carboxylic acids is 1. The summed E-state index contributed by atoms with van der Waals surface area (Å²) in [6.07, 6.45) is 1.62. The average molecular weight is 345 g/mol. The number of H-pyrrole nitrogens is 1. The molecule has 0 aliphatic heterocycles. The molecular formula is C21H19N3O2. The Labute approximate surface area is 151 Å². The lowest BCUT2D eigenvalue weighted by atomic mass is 10.1. The van der Waals surface area contributed by atoms with Crippen LogP contribution in [0.1, 0.15) is 16.8 Å². The minimum atomic E-state index is -0.471. The Morgan fingerprint density at radius 2 is 2.00 bits per heavy atom. The van der Waals surface area contributed by atoms with Crippen LogP contribution in [0.2, 0.25) is 0 Å². The fraction of sp³-hybridized carbons (Fsp3) is 0.143. The molecule has 0 unspecified atom stereocenters. The van der Waals surface area contributed by atoms with Gasteiger partial charge in [0.2, 0.25) is 0 Å². The number of para-hydroxylation sites is 1. The molecule has 2 aromatic carbocycles. The summed E-state index contributed by atoms with van der Waals surface area (Å²) in [6.45, 7) is 3.84. The lowest BCUT2D eigenvalue weighted by Crippen LogP contribution is -2.14. The van der Waals surface area contributed by atoms with Gasteiger partial charge in [-0.05, 0) is 43.7 Å². The van der Waals surface area contributed by atoms with Gasteiger partial charge in [-0.1, -0.05) is 24.3 Å². The molecule has 2 N–H and O–H groups in total. The van der Waals surface area contributed by atoms with Gasteiger partial charge in [0.1, 0.15) is 17.4 Å². The number of aromatic nitrogens is 1. The molecule has 0 aliphatic carbocycles. The molecule has 3 rings (SSSR count). The molecular weight excluding hydrogens is 326 g/mol. The first-order valence-electron chi connectivity index (χ1n) is 8.18. The van der Waals surface area contributed by atoms with Gasteiger partial charge in [0, 0.05) is 22.2 Å². The summed E-state index contributed by atoms with van der Waals surface area (Å²) < 4.78 is 5.28. The molecule has 0 spiro atoms. The SMILES string of the molecule is COc1ccc(C)cc1NC(=O)/C(C#N)=C/c1c(C)[nH]c2ccccc12. The Bertz CT molecular complexity index is 1050. The van der Waals surface area contributed by atoms with Crippen LogP contribution >= 0.6 is 0 Å². The largest absolute Gasteiger partial charge is 0.495 e. The smallest absolute Gasteiger partial charge is 0.266 e. The zero-order valence-electron chi connectivity index (χ0n) is 14.9. The second kappa shape index (κ2) is 7.16. The van der Waals surface area contributed by atoms with Crippen molar-refractivity contribution in [1.29, 1.82) is 5.26 Å². The number of nitrogens with zero attached hydrogens (tertiary/aromatic N) is 1. The van der Waals surface area contributed by atoms with Gasteiger partial charge in [-0.2, -0.15) is 5.26 Å². The van der Waals surface area contributed by atoms with E-state index in [0.29, 0.717) is 11.4 Å². The zero-order valence-corrected chi connectivity index (χ0v) is 14.9. The summed E-state index contributed by atoms with van der Waals surface area (Å²) in [5, 5.41) is 13.2. The Morgan fingerprint density at radius 3 is 2.73 bits per heavy atom. The zero-order chi connectivity index (χ0) is 18.7. The van der Waals surface area contributed by atoms with Gasteiger partial charge in [-0.3, -0.25) is 4.79 Å². The Hall–Kier alpha value is -3.52. The van der Waals surface area contributed by atoms with E-state index < -0.39 is 5.91 Å². The number of carbonyl (C=O) groups is 1. The number of nitriles is 1. The maximum absolute atomic E-state index is 12.6. The topological polar surface area (TPSA) is 77.9 Å². The van der Waals surface area contributed by atoms with Crippen molar-refractivity contribution in [1.82, 2.24) is 4.98 Å². The number of ether oxygens (including phenoxy) is 1. The number of benzene rings is 2. The van der Waals surface area contributed by atoms with Crippen molar-refractivity contribution < 1.29 is 9.53 Å². The van der Waals surface area contributed by atoms with E-state index in [1.54, 1.807) is 12.1 Å². The fourth-order valence-electron chi connectivity index (χ4n) is 2.89. The minimum Gasteiger partial charge on any atom is -0.495 e. The van der Waals surface area contributed by atoms with E-state index in [4.69, 9.17) is 4.74 Å². The Morgan fingerprint density at radius 1 is 1.23 bits per heavy atom. The average Bonchev–Trinajstić information content (AvgIpc) is 2.95. The number of rotatable bonds is 4. The van der Waals surface area contributed by atoms with Crippen LogP contribution in [0.15, 0.2) is 48.0 Å². The molecule has 1 aromatic heterocycles. The number of nitrogens with one attached hydrogen (secondary N) is 2. The van der Waals surface area contributed by atoms with Crippen LogP contribution in [-0.4, -0.2) is 18.0 Å². The van der Waals surface area contributed by atoms with Crippen molar-refractivity contribution in [2.45, 2.75) is 13.8 Å². The highest BCUT2D eigenvalue weighted by Crippen LogP contribution is 2.27. The van der Waals surface area contributed by atoms with Crippen LogP contribution in [-0.2, 0) is 4.79 Å². The van der Waals surface area contributed by atoms with Crippen LogP contribution < -0.4 is 10.1 Å². The van der Waals surface area contributed by atoms with E-state index in [1.807, 2.05) is 56.3 Å². The van der Waals surface area contributed by atoms with Crippen LogP contribution in [0.3, 0.4) is 0 Å². The summed E-state index contributed by atoms with van der Waals surface area (Å²) >= 11 is 0. The summed E-state index contributed by atoms with van der Waals surface area (Å²) in [5.41, 5.74) is 4.25. The van der Waals surface area contributed by atoms with E-state index in [-0.39, 0.29) is 5.57 Å². The van der Waals surface area contributed by atoms with Crippen LogP contribution in [0.4, 0.5) is 5.69 Å². The van der Waals surface area contributed by atoms with E-state index in [2.05, 4.69) is 10.3 Å². The molecule has 0 bridgehead atoms. The number of anilines is 1. The Balaban J connectivity index is 1.97. The first-order chi connectivity index (χ1) is 12.5. The molecule has 5 nitrogen and oxygen atoms in total. The first-order valence-corrected chi connectivity index (χ1v) is 8.18. The molecule has 0 saturated heterocycles. The Kier molecular flexibility index (Phi) is 4.76. The maximum Gasteiger partial charge on any atom is 0.266 e. The predicted octanol–water partition coefficient (Wildman–Crippen LogP) is 4.34. The molecule has 0 atom stereocenters. The van der Waals surface area contributed by atoms with Gasteiger partial charge in [0.15, 0.2) is 0 Å². The first kappa shape index (κ1) is 17.3. The van der Waals surface area contributed by atoms with Crippen molar-refractivity contribution in [2.24, 2.45) is 0 Å². The van der Waals surface area contributed by atoms with Gasteiger partial charge < -0.3 is 15.0 Å². The van der Waals surface area contributed by atoms with Gasteiger partial charge >= 0.3 is 0 Å². The molecule has 1 heterocycles. The highest BCUT2D eigenvalue weighted by molar-refractivity contribution is 6.11. The number of aromatic amines is 1. The summed E-state index contributed by atoms with van der Waals surface area (Å²) in [4.78, 5) is 15.9. The standard InChI is InChI=1S/C21H19N3O2/c1-13-8-9-20(26-3)19(10-13)24-21(25)15(12-22)11-17-14(2)23-18-7-5-4-6-16(17)18/h4-11,23H,1-3H3,(H,24,25)/b15-11+. The maximum atomic E-state index is 12.6.